The first-order valence-electron chi connectivity index (χ1n) is 7.34. The maximum atomic E-state index is 5.75. The fraction of sp³-hybridized carbons (Fsp3) is 0.800. The first-order chi connectivity index (χ1) is 8.86. The van der Waals surface area contributed by atoms with Crippen molar-refractivity contribution < 1.29 is 0 Å². The molecule has 1 rings (SSSR count). The molecule has 0 fully saturated rings. The summed E-state index contributed by atoms with van der Waals surface area (Å²) in [5.74, 6) is 2.53. The highest BCUT2D eigenvalue weighted by Crippen LogP contribution is 2.25. The van der Waals surface area contributed by atoms with Gasteiger partial charge in [-0.2, -0.15) is 5.10 Å². The van der Waals surface area contributed by atoms with Gasteiger partial charge in [-0.3, -0.25) is 4.68 Å². The molecule has 2 N–H and O–H groups in total. The Morgan fingerprint density at radius 1 is 1.16 bits per heavy atom. The quantitative estimate of drug-likeness (QED) is 0.824. The normalized spacial score (nSPS) is 11.6. The van der Waals surface area contributed by atoms with Gasteiger partial charge in [-0.05, 0) is 31.7 Å². The lowest BCUT2D eigenvalue weighted by molar-refractivity contribution is 0.537. The number of anilines is 1. The van der Waals surface area contributed by atoms with Gasteiger partial charge >= 0.3 is 0 Å². The first-order valence-corrected chi connectivity index (χ1v) is 7.34. The smallest absolute Gasteiger partial charge is 0.130 e. The summed E-state index contributed by atoms with van der Waals surface area (Å²) < 4.78 is 2.02. The molecule has 4 nitrogen and oxygen atoms in total. The number of aryl methyl sites for hydroxylation is 2. The number of rotatable bonds is 7. The Hall–Kier alpha value is -1.03. The maximum absolute atomic E-state index is 5.75. The van der Waals surface area contributed by atoms with E-state index in [1.807, 2.05) is 11.7 Å². The molecule has 4 heteroatoms. The molecule has 0 saturated heterocycles. The van der Waals surface area contributed by atoms with Crippen LogP contribution in [-0.4, -0.2) is 29.4 Å². The van der Waals surface area contributed by atoms with E-state index in [2.05, 4.69) is 44.6 Å². The van der Waals surface area contributed by atoms with Crippen LogP contribution in [0.1, 0.15) is 39.0 Å². The Labute approximate surface area is 118 Å². The minimum atomic E-state index is 0.639. The summed E-state index contributed by atoms with van der Waals surface area (Å²) in [6, 6.07) is 0. The van der Waals surface area contributed by atoms with Gasteiger partial charge in [0, 0.05) is 25.7 Å². The largest absolute Gasteiger partial charge is 0.356 e. The van der Waals surface area contributed by atoms with E-state index in [0.29, 0.717) is 18.4 Å². The Balaban J connectivity index is 3.12. The van der Waals surface area contributed by atoms with Gasteiger partial charge in [-0.25, -0.2) is 0 Å². The van der Waals surface area contributed by atoms with Crippen LogP contribution in [0.2, 0.25) is 0 Å². The van der Waals surface area contributed by atoms with Gasteiger partial charge < -0.3 is 10.6 Å². The second kappa shape index (κ2) is 6.94. The lowest BCUT2D eigenvalue weighted by Gasteiger charge is -2.29. The molecule has 0 bridgehead atoms. The van der Waals surface area contributed by atoms with E-state index in [1.165, 1.54) is 11.4 Å². The van der Waals surface area contributed by atoms with Crippen molar-refractivity contribution in [3.05, 3.63) is 11.3 Å². The van der Waals surface area contributed by atoms with Crippen molar-refractivity contribution >= 4 is 5.82 Å². The number of hydrogen-bond donors (Lipinski definition) is 1. The summed E-state index contributed by atoms with van der Waals surface area (Å²) >= 11 is 0. The summed E-state index contributed by atoms with van der Waals surface area (Å²) in [6.45, 7) is 13.9. The van der Waals surface area contributed by atoms with Crippen molar-refractivity contribution in [3.63, 3.8) is 0 Å². The second-order valence-corrected chi connectivity index (χ2v) is 6.24. The average Bonchev–Trinajstić information content (AvgIpc) is 2.52. The summed E-state index contributed by atoms with van der Waals surface area (Å²) in [5.41, 5.74) is 8.18. The maximum Gasteiger partial charge on any atom is 0.130 e. The third-order valence-corrected chi connectivity index (χ3v) is 3.18. The van der Waals surface area contributed by atoms with E-state index >= 15 is 0 Å². The van der Waals surface area contributed by atoms with Gasteiger partial charge in [0.2, 0.25) is 0 Å². The van der Waals surface area contributed by atoms with Crippen LogP contribution >= 0.6 is 0 Å². The molecular weight excluding hydrogens is 236 g/mol. The summed E-state index contributed by atoms with van der Waals surface area (Å²) in [7, 11) is 2.04. The van der Waals surface area contributed by atoms with E-state index in [4.69, 9.17) is 5.73 Å². The zero-order chi connectivity index (χ0) is 14.6. The van der Waals surface area contributed by atoms with Crippen molar-refractivity contribution in [2.24, 2.45) is 24.6 Å². The van der Waals surface area contributed by atoms with Crippen LogP contribution in [0.4, 0.5) is 5.82 Å². The Morgan fingerprint density at radius 3 is 2.11 bits per heavy atom. The molecule has 0 aliphatic heterocycles. The van der Waals surface area contributed by atoms with Gasteiger partial charge in [0.25, 0.3) is 0 Å². The lowest BCUT2D eigenvalue weighted by atomic mass is 10.1. The highest BCUT2D eigenvalue weighted by Gasteiger charge is 2.20. The monoisotopic (exact) mass is 266 g/mol. The minimum Gasteiger partial charge on any atom is -0.356 e. The van der Waals surface area contributed by atoms with E-state index in [1.54, 1.807) is 0 Å². The van der Waals surface area contributed by atoms with E-state index in [0.717, 1.165) is 25.2 Å². The number of nitrogens with zero attached hydrogens (tertiary/aromatic N) is 3. The van der Waals surface area contributed by atoms with Crippen molar-refractivity contribution in [1.82, 2.24) is 9.78 Å². The molecule has 0 atom stereocenters. The third-order valence-electron chi connectivity index (χ3n) is 3.18. The summed E-state index contributed by atoms with van der Waals surface area (Å²) in [5, 5.41) is 4.58. The molecule has 0 radical (unpaired) electrons. The van der Waals surface area contributed by atoms with Gasteiger partial charge in [0.05, 0.1) is 5.69 Å². The Morgan fingerprint density at radius 2 is 1.68 bits per heavy atom. The fourth-order valence-electron chi connectivity index (χ4n) is 2.65. The van der Waals surface area contributed by atoms with Crippen molar-refractivity contribution in [3.8, 4) is 0 Å². The molecule has 0 saturated carbocycles. The van der Waals surface area contributed by atoms with Gasteiger partial charge in [-0.1, -0.05) is 27.7 Å². The fourth-order valence-corrected chi connectivity index (χ4v) is 2.65. The molecule has 0 aliphatic carbocycles. The number of aromatic nitrogens is 2. The molecule has 19 heavy (non-hydrogen) atoms. The molecular formula is C15H30N4. The molecule has 0 spiro atoms. The SMILES string of the molecule is Cc1nn(C)c(N(CC(C)C)CC(C)C)c1CCN. The van der Waals surface area contributed by atoms with Crippen molar-refractivity contribution in [2.45, 2.75) is 41.0 Å². The highest BCUT2D eigenvalue weighted by atomic mass is 15.4. The van der Waals surface area contributed by atoms with Crippen molar-refractivity contribution in [1.29, 1.82) is 0 Å². The van der Waals surface area contributed by atoms with Crippen LogP contribution in [0.15, 0.2) is 0 Å². The Kier molecular flexibility index (Phi) is 5.85. The van der Waals surface area contributed by atoms with Crippen LogP contribution in [0, 0.1) is 18.8 Å². The van der Waals surface area contributed by atoms with Crippen LogP contribution in [0.5, 0.6) is 0 Å². The highest BCUT2D eigenvalue weighted by molar-refractivity contribution is 5.50. The molecule has 110 valence electrons. The minimum absolute atomic E-state index is 0.639. The van der Waals surface area contributed by atoms with Crippen molar-refractivity contribution in [2.75, 3.05) is 24.5 Å². The predicted molar refractivity (Wildman–Crippen MR) is 82.6 cm³/mol. The van der Waals surface area contributed by atoms with Gasteiger partial charge in [-0.15, -0.1) is 0 Å². The summed E-state index contributed by atoms with van der Waals surface area (Å²) in [4.78, 5) is 2.47. The first kappa shape index (κ1) is 16.0. The van der Waals surface area contributed by atoms with E-state index in [9.17, 15) is 0 Å². The standard InChI is InChI=1S/C15H30N4/c1-11(2)9-19(10-12(3)4)15-14(7-8-16)13(5)17-18(15)6/h11-12H,7-10,16H2,1-6H3. The zero-order valence-corrected chi connectivity index (χ0v) is 13.4. The number of nitrogens with two attached hydrogens (primary N) is 1. The molecule has 1 heterocycles. The van der Waals surface area contributed by atoms with Crippen LogP contribution in [0.3, 0.4) is 0 Å². The predicted octanol–water partition coefficient (Wildman–Crippen LogP) is 2.35. The third kappa shape index (κ3) is 4.23. The van der Waals surface area contributed by atoms with Crippen LogP contribution in [0.25, 0.3) is 0 Å². The average molecular weight is 266 g/mol. The van der Waals surface area contributed by atoms with Crippen LogP contribution in [-0.2, 0) is 13.5 Å². The second-order valence-electron chi connectivity index (χ2n) is 6.24. The number of hydrogen-bond acceptors (Lipinski definition) is 3. The van der Waals surface area contributed by atoms with Crippen LogP contribution < -0.4 is 10.6 Å². The molecule has 0 aromatic carbocycles. The summed E-state index contributed by atoms with van der Waals surface area (Å²) in [6.07, 6.45) is 0.904. The van der Waals surface area contributed by atoms with Gasteiger partial charge in [0.15, 0.2) is 0 Å². The lowest BCUT2D eigenvalue weighted by Crippen LogP contribution is -2.33. The Bertz CT molecular complexity index is 383. The molecule has 1 aromatic rings. The van der Waals surface area contributed by atoms with E-state index < -0.39 is 0 Å². The topological polar surface area (TPSA) is 47.1 Å². The molecule has 0 amide bonds. The molecule has 1 aromatic heterocycles. The zero-order valence-electron chi connectivity index (χ0n) is 13.4. The van der Waals surface area contributed by atoms with Gasteiger partial charge in [0.1, 0.15) is 5.82 Å². The molecule has 0 unspecified atom stereocenters. The molecule has 0 aliphatic rings. The van der Waals surface area contributed by atoms with E-state index in [-0.39, 0.29) is 0 Å².